The van der Waals surface area contributed by atoms with Gasteiger partial charge in [0.2, 0.25) is 0 Å². The molecule has 0 unspecified atom stereocenters. The Balaban J connectivity index is 0.000000331. The van der Waals surface area contributed by atoms with Crippen LogP contribution in [0.15, 0.2) is 84.9 Å². The predicted molar refractivity (Wildman–Crippen MR) is 128 cm³/mol. The molecule has 0 bridgehead atoms. The minimum atomic E-state index is -6.09. The van der Waals surface area contributed by atoms with Crippen molar-refractivity contribution < 1.29 is 26.1 Å². The molecule has 3 aromatic rings. The van der Waals surface area contributed by atoms with Crippen molar-refractivity contribution >= 4 is 34.0 Å². The number of hydrogen-bond acceptors (Lipinski definition) is 3. The summed E-state index contributed by atoms with van der Waals surface area (Å²) in [5.41, 5.74) is -4.10. The van der Waals surface area contributed by atoms with E-state index in [2.05, 4.69) is 84.9 Å². The molecular weight excluding hydrogens is 468 g/mol. The van der Waals surface area contributed by atoms with Crippen molar-refractivity contribution in [3.63, 3.8) is 0 Å². The van der Waals surface area contributed by atoms with Gasteiger partial charge in [0.15, 0.2) is 10.1 Å². The van der Waals surface area contributed by atoms with Gasteiger partial charge in [-0.2, -0.15) is 13.2 Å². The Hall–Kier alpha value is -2.21. The molecule has 0 heterocycles. The highest BCUT2D eigenvalue weighted by atomic mass is 32.2. The quantitative estimate of drug-likeness (QED) is 0.282. The van der Waals surface area contributed by atoms with Crippen LogP contribution in [0.5, 0.6) is 0 Å². The average molecular weight is 495 g/mol. The standard InChI is InChI=1S/C24H25P.CHF3O3S/c1-4-10-20(11-5-1)21-16-18-24(19-17-21)25(22-12-6-2-7-13-22)23-14-8-3-9-15-23;2-1(3,4)8(5,6)7/h2-3,6-9,12-20H,1,4-5,10-11H2;(H,5,6,7). The fourth-order valence-electron chi connectivity index (χ4n) is 4.07. The predicted octanol–water partition coefficient (Wildman–Crippen LogP) is 5.28. The third kappa shape index (κ3) is 7.13. The molecule has 4 rings (SSSR count). The maximum atomic E-state index is 10.7. The summed E-state index contributed by atoms with van der Waals surface area (Å²) in [5.74, 6) is 0.784. The Morgan fingerprint density at radius 2 is 1.09 bits per heavy atom. The Morgan fingerprint density at radius 1 is 0.697 bits per heavy atom. The van der Waals surface area contributed by atoms with E-state index in [0.29, 0.717) is 0 Å². The van der Waals surface area contributed by atoms with Crippen LogP contribution in [-0.2, 0) is 10.1 Å². The van der Waals surface area contributed by atoms with Crippen molar-refractivity contribution in [3.05, 3.63) is 90.5 Å². The molecule has 0 saturated heterocycles. The normalized spacial score (nSPS) is 15.1. The van der Waals surface area contributed by atoms with Crippen LogP contribution in [-0.4, -0.2) is 18.5 Å². The molecule has 0 radical (unpaired) electrons. The Bertz CT molecular complexity index is 1060. The van der Waals surface area contributed by atoms with Crippen LogP contribution in [0.4, 0.5) is 13.2 Å². The first-order valence-electron chi connectivity index (χ1n) is 10.8. The van der Waals surface area contributed by atoms with Crippen LogP contribution in [0.3, 0.4) is 0 Å². The van der Waals surface area contributed by atoms with Gasteiger partial charge in [0.05, 0.1) is 7.92 Å². The van der Waals surface area contributed by atoms with Crippen LogP contribution < -0.4 is 15.9 Å². The van der Waals surface area contributed by atoms with E-state index < -0.39 is 23.5 Å². The molecule has 3 nitrogen and oxygen atoms in total. The Morgan fingerprint density at radius 3 is 1.48 bits per heavy atom. The first-order chi connectivity index (χ1) is 15.7. The summed E-state index contributed by atoms with van der Waals surface area (Å²) in [6.45, 7) is 0. The van der Waals surface area contributed by atoms with E-state index in [-0.39, 0.29) is 0 Å². The Labute approximate surface area is 194 Å². The molecule has 1 aliphatic rings. The van der Waals surface area contributed by atoms with Gasteiger partial charge in [-0.15, -0.1) is 0 Å². The summed E-state index contributed by atoms with van der Waals surface area (Å²) >= 11 is 0. The summed E-state index contributed by atoms with van der Waals surface area (Å²) in [7, 11) is -7.01. The van der Waals surface area contributed by atoms with Crippen molar-refractivity contribution in [2.45, 2.75) is 43.5 Å². The third-order valence-corrected chi connectivity index (χ3v) is 8.98. The summed E-state index contributed by atoms with van der Waals surface area (Å²) in [4.78, 5) is 0. The minimum Gasteiger partial charge on any atom is -0.741 e. The van der Waals surface area contributed by atoms with Gasteiger partial charge in [-0.25, -0.2) is 8.42 Å². The fraction of sp³-hybridized carbons (Fsp3) is 0.280. The smallest absolute Gasteiger partial charge is 0.485 e. The SMILES string of the molecule is O=S(=O)([O-])C(F)(F)F.c1ccc([PH+](c2ccccc2)c2ccc(C3CCCCC3)cc2)cc1. The van der Waals surface area contributed by atoms with Gasteiger partial charge < -0.3 is 4.55 Å². The molecule has 0 amide bonds. The Kier molecular flexibility index (Phi) is 8.69. The molecule has 33 heavy (non-hydrogen) atoms. The lowest BCUT2D eigenvalue weighted by atomic mass is 9.84. The monoisotopic (exact) mass is 494 g/mol. The molecule has 0 spiro atoms. The molecule has 0 aliphatic heterocycles. The second kappa shape index (κ2) is 11.3. The van der Waals surface area contributed by atoms with Crippen LogP contribution >= 0.6 is 7.92 Å². The lowest BCUT2D eigenvalue weighted by Crippen LogP contribution is -2.21. The molecule has 176 valence electrons. The number of hydrogen-bond donors (Lipinski definition) is 0. The second-order valence-corrected chi connectivity index (χ2v) is 11.8. The van der Waals surface area contributed by atoms with Crippen molar-refractivity contribution in [1.82, 2.24) is 0 Å². The number of halogens is 3. The highest BCUT2D eigenvalue weighted by molar-refractivity contribution is 7.86. The number of alkyl halides is 3. The van der Waals surface area contributed by atoms with Gasteiger partial charge >= 0.3 is 5.51 Å². The van der Waals surface area contributed by atoms with E-state index in [1.54, 1.807) is 5.56 Å². The lowest BCUT2D eigenvalue weighted by Gasteiger charge is -2.22. The molecule has 0 N–H and O–H groups in total. The number of benzene rings is 3. The van der Waals surface area contributed by atoms with Crippen LogP contribution in [0.2, 0.25) is 0 Å². The second-order valence-electron chi connectivity index (χ2n) is 7.96. The average Bonchev–Trinajstić information content (AvgIpc) is 2.81. The molecule has 3 aromatic carbocycles. The van der Waals surface area contributed by atoms with E-state index in [1.165, 1.54) is 48.0 Å². The first-order valence-corrected chi connectivity index (χ1v) is 13.7. The molecule has 8 heteroatoms. The molecule has 0 aromatic heterocycles. The summed E-state index contributed by atoms with van der Waals surface area (Å²) in [6, 6.07) is 31.7. The van der Waals surface area contributed by atoms with Gasteiger partial charge in [0.1, 0.15) is 15.9 Å². The largest absolute Gasteiger partial charge is 0.741 e. The third-order valence-electron chi connectivity index (χ3n) is 5.68. The lowest BCUT2D eigenvalue weighted by molar-refractivity contribution is -0.0517. The summed E-state index contributed by atoms with van der Waals surface area (Å²) < 4.78 is 58.9. The van der Waals surface area contributed by atoms with Crippen LogP contribution in [0, 0.1) is 0 Å². The molecule has 1 saturated carbocycles. The van der Waals surface area contributed by atoms with Crippen molar-refractivity contribution in [2.75, 3.05) is 0 Å². The zero-order valence-electron chi connectivity index (χ0n) is 18.0. The molecule has 1 aliphatic carbocycles. The zero-order chi connectivity index (χ0) is 23.9. The van der Waals surface area contributed by atoms with E-state index in [9.17, 15) is 13.2 Å². The maximum absolute atomic E-state index is 10.7. The molecule has 1 fully saturated rings. The minimum absolute atomic E-state index is 0.784. The van der Waals surface area contributed by atoms with Crippen molar-refractivity contribution in [2.24, 2.45) is 0 Å². The highest BCUT2D eigenvalue weighted by Gasteiger charge is 2.37. The van der Waals surface area contributed by atoms with Gasteiger partial charge in [-0.3, -0.25) is 0 Å². The van der Waals surface area contributed by atoms with E-state index in [0.717, 1.165) is 5.92 Å². The van der Waals surface area contributed by atoms with E-state index in [4.69, 9.17) is 13.0 Å². The van der Waals surface area contributed by atoms with Crippen LogP contribution in [0.25, 0.3) is 0 Å². The first kappa shape index (κ1) is 25.4. The topological polar surface area (TPSA) is 57.2 Å². The zero-order valence-corrected chi connectivity index (χ0v) is 19.8. The maximum Gasteiger partial charge on any atom is 0.485 e. The number of rotatable bonds is 4. The van der Waals surface area contributed by atoms with Gasteiger partial charge in [-0.1, -0.05) is 67.8 Å². The van der Waals surface area contributed by atoms with Crippen molar-refractivity contribution in [3.8, 4) is 0 Å². The van der Waals surface area contributed by atoms with E-state index in [1.807, 2.05) is 0 Å². The fourth-order valence-corrected chi connectivity index (χ4v) is 6.62. The van der Waals surface area contributed by atoms with E-state index >= 15 is 0 Å². The van der Waals surface area contributed by atoms with Gasteiger partial charge in [-0.05, 0) is 60.7 Å². The van der Waals surface area contributed by atoms with Crippen LogP contribution in [0.1, 0.15) is 43.6 Å². The summed E-state index contributed by atoms with van der Waals surface area (Å²) in [5, 5.41) is 4.41. The van der Waals surface area contributed by atoms with Gasteiger partial charge in [0, 0.05) is 0 Å². The van der Waals surface area contributed by atoms with Crippen molar-refractivity contribution in [1.29, 1.82) is 0 Å². The molecule has 0 atom stereocenters. The van der Waals surface area contributed by atoms with Gasteiger partial charge in [0.25, 0.3) is 0 Å². The molecular formula is C25H26F3O3PS. The summed E-state index contributed by atoms with van der Waals surface area (Å²) in [6.07, 6.45) is 6.96. The highest BCUT2D eigenvalue weighted by Crippen LogP contribution is 2.35.